The topological polar surface area (TPSA) is 80.1 Å². The standard InChI is InChI=1S/C12H17N5O2/c18-11-8-10(12(19)17(11)9-2-3-9)13-4-1-6-16-7-5-14-15-16/h5,7,9-10,13H,1-4,6,8H2. The zero-order valence-corrected chi connectivity index (χ0v) is 10.7. The Morgan fingerprint density at radius 1 is 1.37 bits per heavy atom. The van der Waals surface area contributed by atoms with E-state index in [1.807, 2.05) is 0 Å². The second-order valence-electron chi connectivity index (χ2n) is 5.06. The summed E-state index contributed by atoms with van der Waals surface area (Å²) in [4.78, 5) is 25.2. The van der Waals surface area contributed by atoms with Gasteiger partial charge in [-0.1, -0.05) is 5.21 Å². The summed E-state index contributed by atoms with van der Waals surface area (Å²) in [5, 5.41) is 10.8. The van der Waals surface area contributed by atoms with Crippen LogP contribution < -0.4 is 5.32 Å². The molecule has 1 aliphatic heterocycles. The Hall–Kier alpha value is -1.76. The van der Waals surface area contributed by atoms with E-state index in [9.17, 15) is 9.59 Å². The molecular formula is C12H17N5O2. The van der Waals surface area contributed by atoms with Crippen LogP contribution in [0.25, 0.3) is 0 Å². The molecule has 1 saturated heterocycles. The van der Waals surface area contributed by atoms with Crippen LogP contribution in [0.3, 0.4) is 0 Å². The van der Waals surface area contributed by atoms with Gasteiger partial charge >= 0.3 is 0 Å². The van der Waals surface area contributed by atoms with E-state index in [-0.39, 0.29) is 23.9 Å². The highest BCUT2D eigenvalue weighted by molar-refractivity contribution is 6.06. The molecule has 19 heavy (non-hydrogen) atoms. The Kier molecular flexibility index (Phi) is 3.29. The number of aromatic nitrogens is 3. The summed E-state index contributed by atoms with van der Waals surface area (Å²) in [7, 11) is 0. The highest BCUT2D eigenvalue weighted by Crippen LogP contribution is 2.31. The predicted octanol–water partition coefficient (Wildman–Crippen LogP) is -0.452. The molecule has 7 nitrogen and oxygen atoms in total. The van der Waals surface area contributed by atoms with E-state index >= 15 is 0 Å². The Labute approximate surface area is 110 Å². The SMILES string of the molecule is O=C1CC(NCCCn2ccnn2)C(=O)N1C1CC1. The number of carbonyl (C=O) groups excluding carboxylic acids is 2. The maximum absolute atomic E-state index is 12.0. The zero-order valence-electron chi connectivity index (χ0n) is 10.7. The third-order valence-electron chi connectivity index (χ3n) is 3.52. The summed E-state index contributed by atoms with van der Waals surface area (Å²) in [6.45, 7) is 1.45. The summed E-state index contributed by atoms with van der Waals surface area (Å²) in [6.07, 6.45) is 6.54. The Morgan fingerprint density at radius 2 is 2.21 bits per heavy atom. The van der Waals surface area contributed by atoms with Gasteiger partial charge in [0.05, 0.1) is 18.7 Å². The van der Waals surface area contributed by atoms with Gasteiger partial charge in [0.25, 0.3) is 0 Å². The number of nitrogens with one attached hydrogen (secondary N) is 1. The van der Waals surface area contributed by atoms with Crippen LogP contribution in [0.1, 0.15) is 25.7 Å². The first-order valence-electron chi connectivity index (χ1n) is 6.69. The maximum atomic E-state index is 12.0. The van der Waals surface area contributed by atoms with Crippen molar-refractivity contribution in [3.05, 3.63) is 12.4 Å². The quantitative estimate of drug-likeness (QED) is 0.555. The molecule has 1 N–H and O–H groups in total. The van der Waals surface area contributed by atoms with E-state index in [0.29, 0.717) is 13.0 Å². The van der Waals surface area contributed by atoms with Gasteiger partial charge in [0, 0.05) is 18.8 Å². The van der Waals surface area contributed by atoms with Crippen molar-refractivity contribution in [3.8, 4) is 0 Å². The number of hydrogen-bond donors (Lipinski definition) is 1. The highest BCUT2D eigenvalue weighted by Gasteiger charge is 2.45. The molecule has 3 rings (SSSR count). The van der Waals surface area contributed by atoms with Crippen molar-refractivity contribution in [2.24, 2.45) is 0 Å². The van der Waals surface area contributed by atoms with E-state index in [4.69, 9.17) is 0 Å². The van der Waals surface area contributed by atoms with Crippen LogP contribution in [0.5, 0.6) is 0 Å². The molecule has 102 valence electrons. The Bertz CT molecular complexity index is 468. The van der Waals surface area contributed by atoms with E-state index in [1.54, 1.807) is 17.1 Å². The van der Waals surface area contributed by atoms with Crippen LogP contribution in [0.15, 0.2) is 12.4 Å². The zero-order chi connectivity index (χ0) is 13.2. The van der Waals surface area contributed by atoms with E-state index in [2.05, 4.69) is 15.6 Å². The van der Waals surface area contributed by atoms with Crippen molar-refractivity contribution in [3.63, 3.8) is 0 Å². The van der Waals surface area contributed by atoms with Crippen molar-refractivity contribution >= 4 is 11.8 Å². The fraction of sp³-hybridized carbons (Fsp3) is 0.667. The van der Waals surface area contributed by atoms with Crippen LogP contribution in [0.2, 0.25) is 0 Å². The molecule has 2 amide bonds. The number of carbonyl (C=O) groups is 2. The van der Waals surface area contributed by atoms with Gasteiger partial charge in [0.1, 0.15) is 0 Å². The molecule has 2 aliphatic rings. The van der Waals surface area contributed by atoms with E-state index in [1.165, 1.54) is 4.90 Å². The molecule has 1 aromatic heterocycles. The number of amides is 2. The van der Waals surface area contributed by atoms with Crippen molar-refractivity contribution in [1.29, 1.82) is 0 Å². The predicted molar refractivity (Wildman–Crippen MR) is 65.9 cm³/mol. The first-order valence-corrected chi connectivity index (χ1v) is 6.69. The maximum Gasteiger partial charge on any atom is 0.247 e. The normalized spacial score (nSPS) is 23.4. The van der Waals surface area contributed by atoms with E-state index in [0.717, 1.165) is 25.8 Å². The van der Waals surface area contributed by atoms with E-state index < -0.39 is 0 Å². The van der Waals surface area contributed by atoms with Gasteiger partial charge in [-0.15, -0.1) is 5.10 Å². The van der Waals surface area contributed by atoms with Crippen LogP contribution in [-0.4, -0.2) is 50.3 Å². The molecular weight excluding hydrogens is 246 g/mol. The number of imide groups is 1. The molecule has 1 saturated carbocycles. The molecule has 2 heterocycles. The molecule has 0 spiro atoms. The molecule has 1 aliphatic carbocycles. The number of likely N-dealkylation sites (tertiary alicyclic amines) is 1. The smallest absolute Gasteiger partial charge is 0.247 e. The Morgan fingerprint density at radius 3 is 2.89 bits per heavy atom. The van der Waals surface area contributed by atoms with Gasteiger partial charge in [-0.25, -0.2) is 0 Å². The summed E-state index contributed by atoms with van der Waals surface area (Å²) >= 11 is 0. The van der Waals surface area contributed by atoms with Gasteiger partial charge in [0.15, 0.2) is 0 Å². The molecule has 1 atom stereocenters. The van der Waals surface area contributed by atoms with Crippen LogP contribution in [0, 0.1) is 0 Å². The first-order chi connectivity index (χ1) is 9.25. The number of rotatable bonds is 6. The summed E-state index contributed by atoms with van der Waals surface area (Å²) in [5.41, 5.74) is 0. The largest absolute Gasteiger partial charge is 0.305 e. The van der Waals surface area contributed by atoms with Gasteiger partial charge < -0.3 is 5.32 Å². The van der Waals surface area contributed by atoms with Gasteiger partial charge in [-0.05, 0) is 25.8 Å². The lowest BCUT2D eigenvalue weighted by Crippen LogP contribution is -2.40. The van der Waals surface area contributed by atoms with Crippen LogP contribution >= 0.6 is 0 Å². The number of hydrogen-bond acceptors (Lipinski definition) is 5. The first kappa shape index (κ1) is 12.3. The lowest BCUT2D eigenvalue weighted by atomic mass is 10.2. The summed E-state index contributed by atoms with van der Waals surface area (Å²) in [6, 6.07) is -0.147. The summed E-state index contributed by atoms with van der Waals surface area (Å²) < 4.78 is 1.75. The fourth-order valence-corrected chi connectivity index (χ4v) is 2.40. The highest BCUT2D eigenvalue weighted by atomic mass is 16.2. The van der Waals surface area contributed by atoms with Crippen molar-refractivity contribution in [1.82, 2.24) is 25.2 Å². The second kappa shape index (κ2) is 5.08. The third kappa shape index (κ3) is 2.65. The van der Waals surface area contributed by atoms with Crippen molar-refractivity contribution < 1.29 is 9.59 Å². The molecule has 7 heteroatoms. The molecule has 1 aromatic rings. The monoisotopic (exact) mass is 263 g/mol. The second-order valence-corrected chi connectivity index (χ2v) is 5.06. The minimum absolute atomic E-state index is 0.0266. The number of nitrogens with zero attached hydrogens (tertiary/aromatic N) is 4. The molecule has 2 fully saturated rings. The molecule has 1 unspecified atom stereocenters. The lowest BCUT2D eigenvalue weighted by molar-refractivity contribution is -0.139. The minimum atomic E-state index is -0.330. The molecule has 0 bridgehead atoms. The van der Waals surface area contributed by atoms with Crippen molar-refractivity contribution in [2.75, 3.05) is 6.54 Å². The third-order valence-corrected chi connectivity index (χ3v) is 3.52. The average Bonchev–Trinajstić information content (AvgIpc) is 2.99. The van der Waals surface area contributed by atoms with Crippen LogP contribution in [0.4, 0.5) is 0 Å². The fourth-order valence-electron chi connectivity index (χ4n) is 2.40. The van der Waals surface area contributed by atoms with Gasteiger partial charge in [-0.2, -0.15) is 0 Å². The molecule has 0 aromatic carbocycles. The lowest BCUT2D eigenvalue weighted by Gasteiger charge is -2.14. The summed E-state index contributed by atoms with van der Waals surface area (Å²) in [5.74, 6) is -0.0745. The Balaban J connectivity index is 1.43. The minimum Gasteiger partial charge on any atom is -0.305 e. The average molecular weight is 263 g/mol. The van der Waals surface area contributed by atoms with Crippen molar-refractivity contribution in [2.45, 2.75) is 44.3 Å². The van der Waals surface area contributed by atoms with Gasteiger partial charge in [0.2, 0.25) is 11.8 Å². The van der Waals surface area contributed by atoms with Gasteiger partial charge in [-0.3, -0.25) is 19.2 Å². The number of aryl methyl sites for hydroxylation is 1. The van der Waals surface area contributed by atoms with Crippen LogP contribution in [-0.2, 0) is 16.1 Å². The molecule has 0 radical (unpaired) electrons.